The van der Waals surface area contributed by atoms with Gasteiger partial charge in [-0.05, 0) is 41.8 Å². The van der Waals surface area contributed by atoms with Gasteiger partial charge in [-0.15, -0.1) is 0 Å². The second-order valence-electron chi connectivity index (χ2n) is 5.28. The largest absolute Gasteiger partial charge is 0.496 e. The minimum absolute atomic E-state index is 0.565. The summed E-state index contributed by atoms with van der Waals surface area (Å²) >= 11 is 0. The van der Waals surface area contributed by atoms with Crippen LogP contribution in [0.4, 0.5) is 0 Å². The number of ether oxygens (including phenoxy) is 1. The molecule has 0 saturated heterocycles. The maximum atomic E-state index is 10.3. The number of methoxy groups -OCH3 is 1. The van der Waals surface area contributed by atoms with E-state index in [0.717, 1.165) is 17.7 Å². The van der Waals surface area contributed by atoms with E-state index in [9.17, 15) is 5.11 Å². The van der Waals surface area contributed by atoms with Crippen LogP contribution < -0.4 is 4.74 Å². The smallest absolute Gasteiger partial charge is 0.122 e. The molecule has 3 heteroatoms. The van der Waals surface area contributed by atoms with Gasteiger partial charge in [0, 0.05) is 11.8 Å². The summed E-state index contributed by atoms with van der Waals surface area (Å²) < 4.78 is 5.49. The van der Waals surface area contributed by atoms with Crippen LogP contribution in [0.2, 0.25) is 0 Å². The molecule has 1 aromatic heterocycles. The molecular weight excluding hydrogens is 274 g/mol. The SMILES string of the molecule is COc1ccc2ccccc2c1CCC(O)c1ccccn1. The molecule has 0 fully saturated rings. The Labute approximate surface area is 130 Å². The number of pyridine rings is 1. The fourth-order valence-electron chi connectivity index (χ4n) is 2.77. The first kappa shape index (κ1) is 14.5. The number of hydrogen-bond acceptors (Lipinski definition) is 3. The molecule has 1 atom stereocenters. The summed E-state index contributed by atoms with van der Waals surface area (Å²) in [6.07, 6.45) is 2.49. The summed E-state index contributed by atoms with van der Waals surface area (Å²) in [7, 11) is 1.68. The lowest BCUT2D eigenvalue weighted by atomic mass is 9.97. The highest BCUT2D eigenvalue weighted by atomic mass is 16.5. The first-order valence-electron chi connectivity index (χ1n) is 7.43. The van der Waals surface area contributed by atoms with Crippen LogP contribution in [0.5, 0.6) is 5.75 Å². The summed E-state index contributed by atoms with van der Waals surface area (Å²) in [6.45, 7) is 0. The van der Waals surface area contributed by atoms with Crippen molar-refractivity contribution in [1.82, 2.24) is 4.98 Å². The van der Waals surface area contributed by atoms with Crippen molar-refractivity contribution < 1.29 is 9.84 Å². The molecule has 0 saturated carbocycles. The summed E-state index contributed by atoms with van der Waals surface area (Å²) in [5, 5.41) is 12.7. The molecule has 22 heavy (non-hydrogen) atoms. The number of rotatable bonds is 5. The van der Waals surface area contributed by atoms with Gasteiger partial charge in [-0.1, -0.05) is 36.4 Å². The van der Waals surface area contributed by atoms with E-state index >= 15 is 0 Å². The van der Waals surface area contributed by atoms with Gasteiger partial charge in [-0.2, -0.15) is 0 Å². The van der Waals surface area contributed by atoms with Gasteiger partial charge in [0.15, 0.2) is 0 Å². The molecule has 1 heterocycles. The van der Waals surface area contributed by atoms with Gasteiger partial charge in [0.25, 0.3) is 0 Å². The standard InChI is InChI=1S/C19H19NO2/c1-22-19-12-9-14-6-2-3-7-15(14)16(19)10-11-18(21)17-8-4-5-13-20-17/h2-9,12-13,18,21H,10-11H2,1H3. The number of aliphatic hydroxyl groups excluding tert-OH is 1. The number of benzene rings is 2. The van der Waals surface area contributed by atoms with Crippen molar-refractivity contribution in [3.05, 3.63) is 72.1 Å². The Hall–Kier alpha value is -2.39. The van der Waals surface area contributed by atoms with Crippen molar-refractivity contribution in [2.45, 2.75) is 18.9 Å². The molecule has 3 nitrogen and oxygen atoms in total. The van der Waals surface area contributed by atoms with E-state index in [4.69, 9.17) is 4.74 Å². The van der Waals surface area contributed by atoms with E-state index in [1.54, 1.807) is 13.3 Å². The number of aryl methyl sites for hydroxylation is 1. The Balaban J connectivity index is 1.87. The molecule has 112 valence electrons. The van der Waals surface area contributed by atoms with E-state index in [0.29, 0.717) is 12.1 Å². The first-order chi connectivity index (χ1) is 10.8. The fourth-order valence-corrected chi connectivity index (χ4v) is 2.77. The topological polar surface area (TPSA) is 42.4 Å². The third kappa shape index (κ3) is 2.95. The molecule has 1 N–H and O–H groups in total. The third-order valence-corrected chi connectivity index (χ3v) is 3.91. The highest BCUT2D eigenvalue weighted by molar-refractivity contribution is 5.87. The Bertz CT molecular complexity index is 756. The van der Waals surface area contributed by atoms with Crippen LogP contribution in [0.3, 0.4) is 0 Å². The summed E-state index contributed by atoms with van der Waals surface area (Å²) in [5.74, 6) is 0.868. The van der Waals surface area contributed by atoms with Crippen molar-refractivity contribution in [2.24, 2.45) is 0 Å². The lowest BCUT2D eigenvalue weighted by Crippen LogP contribution is -2.03. The van der Waals surface area contributed by atoms with Gasteiger partial charge in [0.05, 0.1) is 18.9 Å². The second-order valence-corrected chi connectivity index (χ2v) is 5.28. The molecule has 0 aliphatic rings. The van der Waals surface area contributed by atoms with Crippen molar-refractivity contribution in [3.8, 4) is 5.75 Å². The van der Waals surface area contributed by atoms with Crippen molar-refractivity contribution in [3.63, 3.8) is 0 Å². The number of aromatic nitrogens is 1. The molecule has 0 aliphatic carbocycles. The summed E-state index contributed by atoms with van der Waals surface area (Å²) in [4.78, 5) is 4.21. The Kier molecular flexibility index (Phi) is 4.35. The number of fused-ring (bicyclic) bond motifs is 1. The normalized spacial score (nSPS) is 12.3. The van der Waals surface area contributed by atoms with Crippen molar-refractivity contribution in [2.75, 3.05) is 7.11 Å². The molecule has 3 aromatic rings. The zero-order valence-corrected chi connectivity index (χ0v) is 12.6. The van der Waals surface area contributed by atoms with Crippen molar-refractivity contribution >= 4 is 10.8 Å². The van der Waals surface area contributed by atoms with E-state index in [1.165, 1.54) is 10.8 Å². The van der Waals surface area contributed by atoms with E-state index in [2.05, 4.69) is 23.2 Å². The Morgan fingerprint density at radius 3 is 2.64 bits per heavy atom. The van der Waals surface area contributed by atoms with Crippen LogP contribution in [0.1, 0.15) is 23.8 Å². The predicted octanol–water partition coefficient (Wildman–Crippen LogP) is 3.91. The van der Waals surface area contributed by atoms with Gasteiger partial charge in [-0.25, -0.2) is 0 Å². The molecule has 1 unspecified atom stereocenters. The third-order valence-electron chi connectivity index (χ3n) is 3.91. The zero-order chi connectivity index (χ0) is 15.4. The van der Waals surface area contributed by atoms with Crippen LogP contribution in [-0.2, 0) is 6.42 Å². The van der Waals surface area contributed by atoms with Gasteiger partial charge in [0.1, 0.15) is 5.75 Å². The second kappa shape index (κ2) is 6.58. The zero-order valence-electron chi connectivity index (χ0n) is 12.6. The quantitative estimate of drug-likeness (QED) is 0.775. The molecule has 0 amide bonds. The predicted molar refractivity (Wildman–Crippen MR) is 88.0 cm³/mol. The molecule has 0 bridgehead atoms. The minimum atomic E-state index is -0.565. The van der Waals surface area contributed by atoms with Crippen LogP contribution >= 0.6 is 0 Å². The van der Waals surface area contributed by atoms with Gasteiger partial charge in [0.2, 0.25) is 0 Å². The lowest BCUT2D eigenvalue weighted by molar-refractivity contribution is 0.163. The number of aliphatic hydroxyl groups is 1. The maximum absolute atomic E-state index is 10.3. The molecular formula is C19H19NO2. The van der Waals surface area contributed by atoms with Crippen LogP contribution in [0.25, 0.3) is 10.8 Å². The first-order valence-corrected chi connectivity index (χ1v) is 7.43. The average Bonchev–Trinajstić information content (AvgIpc) is 2.60. The van der Waals surface area contributed by atoms with Gasteiger partial charge < -0.3 is 9.84 Å². The van der Waals surface area contributed by atoms with Gasteiger partial charge >= 0.3 is 0 Å². The molecule has 2 aromatic carbocycles. The van der Waals surface area contributed by atoms with E-state index in [-0.39, 0.29) is 0 Å². The van der Waals surface area contributed by atoms with Gasteiger partial charge in [-0.3, -0.25) is 4.98 Å². The van der Waals surface area contributed by atoms with Crippen LogP contribution in [-0.4, -0.2) is 17.2 Å². The van der Waals surface area contributed by atoms with E-state index < -0.39 is 6.10 Å². The monoisotopic (exact) mass is 293 g/mol. The van der Waals surface area contributed by atoms with Crippen LogP contribution in [0, 0.1) is 0 Å². The molecule has 0 aliphatic heterocycles. The molecule has 0 radical (unpaired) electrons. The fraction of sp³-hybridized carbons (Fsp3) is 0.211. The average molecular weight is 293 g/mol. The van der Waals surface area contributed by atoms with Crippen LogP contribution in [0.15, 0.2) is 60.8 Å². The molecule has 0 spiro atoms. The highest BCUT2D eigenvalue weighted by Crippen LogP contribution is 2.30. The van der Waals surface area contributed by atoms with E-state index in [1.807, 2.05) is 36.4 Å². The Morgan fingerprint density at radius 2 is 1.86 bits per heavy atom. The Morgan fingerprint density at radius 1 is 1.05 bits per heavy atom. The number of hydrogen-bond donors (Lipinski definition) is 1. The highest BCUT2D eigenvalue weighted by Gasteiger charge is 2.13. The maximum Gasteiger partial charge on any atom is 0.122 e. The minimum Gasteiger partial charge on any atom is -0.496 e. The summed E-state index contributed by atoms with van der Waals surface area (Å²) in [5.41, 5.74) is 1.84. The summed E-state index contributed by atoms with van der Waals surface area (Å²) in [6, 6.07) is 17.9. The lowest BCUT2D eigenvalue weighted by Gasteiger charge is -2.14. The number of nitrogens with zero attached hydrogens (tertiary/aromatic N) is 1. The van der Waals surface area contributed by atoms with Crippen molar-refractivity contribution in [1.29, 1.82) is 0 Å². The molecule has 3 rings (SSSR count).